The molecule has 0 spiro atoms. The molecule has 6 N–H and O–H groups in total. The van der Waals surface area contributed by atoms with Crippen LogP contribution in [0.15, 0.2) is 0 Å². The number of nitrogens with two attached hydrogens (primary N) is 1. The third kappa shape index (κ3) is 7.07. The molecule has 2 rings (SSSR count). The lowest BCUT2D eigenvalue weighted by molar-refractivity contribution is -0.192. The summed E-state index contributed by atoms with van der Waals surface area (Å²) in [5.74, 6) is -5.97. The summed E-state index contributed by atoms with van der Waals surface area (Å²) in [6.45, 7) is 0.423. The van der Waals surface area contributed by atoms with Crippen LogP contribution in [0, 0.1) is 0 Å². The standard InChI is InChI=1S/C16H25N3O6.C2HF3O2/c17-10-4-1-2-7-16(8-3-9-19(16)13(10)22)15(25)18-11(14(23)24)5-6-12(20)21;3-2(4,5)1(6)7/h10-11H,1-9,17H2,(H,18,25)(H,20,21)(H,23,24);(H,6,7)/t10-,11-,16-;/m0./s1. The Morgan fingerprint density at radius 1 is 1.12 bits per heavy atom. The molecule has 2 amide bonds. The number of fused-ring (bicyclic) bond motifs is 1. The molecular formula is C18H26F3N3O8. The van der Waals surface area contributed by atoms with E-state index in [9.17, 15) is 37.5 Å². The molecule has 0 aromatic rings. The fourth-order valence-electron chi connectivity index (χ4n) is 3.73. The van der Waals surface area contributed by atoms with Crippen molar-refractivity contribution in [1.29, 1.82) is 0 Å². The molecule has 0 aliphatic carbocycles. The second kappa shape index (κ2) is 11.1. The zero-order valence-corrected chi connectivity index (χ0v) is 17.1. The molecule has 11 nitrogen and oxygen atoms in total. The van der Waals surface area contributed by atoms with Crippen molar-refractivity contribution in [3.05, 3.63) is 0 Å². The van der Waals surface area contributed by atoms with Gasteiger partial charge in [0.1, 0.15) is 11.6 Å². The molecular weight excluding hydrogens is 443 g/mol. The van der Waals surface area contributed by atoms with Crippen molar-refractivity contribution < 1.29 is 52.5 Å². The van der Waals surface area contributed by atoms with Crippen LogP contribution in [0.5, 0.6) is 0 Å². The maximum absolute atomic E-state index is 12.9. The number of carboxylic acid groups (broad SMARTS) is 3. The zero-order valence-electron chi connectivity index (χ0n) is 17.1. The van der Waals surface area contributed by atoms with Gasteiger partial charge in [0.2, 0.25) is 11.8 Å². The molecule has 14 heteroatoms. The third-order valence-electron chi connectivity index (χ3n) is 5.34. The molecule has 0 bridgehead atoms. The van der Waals surface area contributed by atoms with Gasteiger partial charge in [-0.1, -0.05) is 12.8 Å². The summed E-state index contributed by atoms with van der Waals surface area (Å²) in [6.07, 6.45) is -2.06. The molecule has 0 aromatic carbocycles. The number of rotatable bonds is 6. The minimum Gasteiger partial charge on any atom is -0.481 e. The van der Waals surface area contributed by atoms with Gasteiger partial charge in [0.05, 0.1) is 6.04 Å². The van der Waals surface area contributed by atoms with Gasteiger partial charge in [-0.15, -0.1) is 0 Å². The number of amides is 2. The molecule has 0 saturated carbocycles. The van der Waals surface area contributed by atoms with Crippen LogP contribution in [0.1, 0.15) is 51.4 Å². The van der Waals surface area contributed by atoms with Crippen molar-refractivity contribution in [3.63, 3.8) is 0 Å². The predicted octanol–water partition coefficient (Wildman–Crippen LogP) is 0.316. The van der Waals surface area contributed by atoms with Crippen molar-refractivity contribution >= 4 is 29.7 Å². The van der Waals surface area contributed by atoms with E-state index >= 15 is 0 Å². The minimum absolute atomic E-state index is 0.208. The fourth-order valence-corrected chi connectivity index (χ4v) is 3.73. The summed E-state index contributed by atoms with van der Waals surface area (Å²) < 4.78 is 31.7. The second-order valence-electron chi connectivity index (χ2n) is 7.58. The van der Waals surface area contributed by atoms with E-state index < -0.39 is 47.6 Å². The van der Waals surface area contributed by atoms with Crippen LogP contribution in [0.4, 0.5) is 13.2 Å². The number of carbonyl (C=O) groups is 5. The average Bonchev–Trinajstić information content (AvgIpc) is 3.10. The molecule has 3 atom stereocenters. The normalized spacial score (nSPS) is 24.2. The maximum atomic E-state index is 12.9. The first-order valence-corrected chi connectivity index (χ1v) is 9.85. The first-order valence-electron chi connectivity index (χ1n) is 9.85. The van der Waals surface area contributed by atoms with Gasteiger partial charge < -0.3 is 31.3 Å². The molecule has 2 aliphatic heterocycles. The van der Waals surface area contributed by atoms with E-state index in [1.54, 1.807) is 0 Å². The second-order valence-corrected chi connectivity index (χ2v) is 7.58. The summed E-state index contributed by atoms with van der Waals surface area (Å²) in [6, 6.07) is -1.94. The van der Waals surface area contributed by atoms with E-state index in [0.717, 1.165) is 12.8 Å². The van der Waals surface area contributed by atoms with Crippen LogP contribution in [0.3, 0.4) is 0 Å². The zero-order chi connectivity index (χ0) is 24.7. The van der Waals surface area contributed by atoms with Gasteiger partial charge in [-0.2, -0.15) is 13.2 Å². The Morgan fingerprint density at radius 2 is 1.69 bits per heavy atom. The number of nitrogens with zero attached hydrogens (tertiary/aromatic N) is 1. The van der Waals surface area contributed by atoms with Crippen molar-refractivity contribution in [3.8, 4) is 0 Å². The Balaban J connectivity index is 0.000000633. The summed E-state index contributed by atoms with van der Waals surface area (Å²) >= 11 is 0. The van der Waals surface area contributed by atoms with Crippen LogP contribution in [0.25, 0.3) is 0 Å². The Kier molecular flexibility index (Phi) is 9.42. The van der Waals surface area contributed by atoms with Crippen LogP contribution < -0.4 is 11.1 Å². The highest BCUT2D eigenvalue weighted by Gasteiger charge is 2.51. The van der Waals surface area contributed by atoms with Gasteiger partial charge in [0, 0.05) is 13.0 Å². The van der Waals surface area contributed by atoms with E-state index in [1.807, 2.05) is 0 Å². The third-order valence-corrected chi connectivity index (χ3v) is 5.34. The van der Waals surface area contributed by atoms with Gasteiger partial charge in [-0.25, -0.2) is 9.59 Å². The molecule has 2 saturated heterocycles. The van der Waals surface area contributed by atoms with Crippen LogP contribution >= 0.6 is 0 Å². The first-order chi connectivity index (χ1) is 14.7. The Hall–Kier alpha value is -2.90. The van der Waals surface area contributed by atoms with Crippen molar-refractivity contribution in [1.82, 2.24) is 10.2 Å². The quantitative estimate of drug-likeness (QED) is 0.365. The summed E-state index contributed by atoms with van der Waals surface area (Å²) in [5.41, 5.74) is 4.83. The van der Waals surface area contributed by atoms with Gasteiger partial charge >= 0.3 is 24.1 Å². The monoisotopic (exact) mass is 469 g/mol. The molecule has 0 unspecified atom stereocenters. The Labute approximate surface area is 180 Å². The molecule has 182 valence electrons. The molecule has 2 fully saturated rings. The van der Waals surface area contributed by atoms with Gasteiger partial charge in [0.25, 0.3) is 0 Å². The number of nitrogens with one attached hydrogen (secondary N) is 1. The number of alkyl halides is 3. The predicted molar refractivity (Wildman–Crippen MR) is 100 cm³/mol. The smallest absolute Gasteiger partial charge is 0.481 e. The molecule has 0 aromatic heterocycles. The molecule has 2 aliphatic rings. The lowest BCUT2D eigenvalue weighted by Gasteiger charge is -2.40. The molecule has 32 heavy (non-hydrogen) atoms. The number of halogens is 3. The highest BCUT2D eigenvalue weighted by molar-refractivity contribution is 5.95. The van der Waals surface area contributed by atoms with Gasteiger partial charge in [0.15, 0.2) is 0 Å². The number of aliphatic carboxylic acids is 3. The van der Waals surface area contributed by atoms with Crippen molar-refractivity contribution in [2.75, 3.05) is 6.54 Å². The lowest BCUT2D eigenvalue weighted by atomic mass is 9.85. The summed E-state index contributed by atoms with van der Waals surface area (Å²) in [7, 11) is 0. The molecule has 0 radical (unpaired) electrons. The summed E-state index contributed by atoms with van der Waals surface area (Å²) in [5, 5.41) is 27.6. The maximum Gasteiger partial charge on any atom is 0.490 e. The van der Waals surface area contributed by atoms with E-state index in [2.05, 4.69) is 5.32 Å². The van der Waals surface area contributed by atoms with Crippen molar-refractivity contribution in [2.24, 2.45) is 5.73 Å². The number of carboxylic acids is 3. The Morgan fingerprint density at radius 3 is 2.19 bits per heavy atom. The van der Waals surface area contributed by atoms with E-state index in [1.165, 1.54) is 4.90 Å². The lowest BCUT2D eigenvalue weighted by Crippen LogP contribution is -2.62. The van der Waals surface area contributed by atoms with E-state index in [0.29, 0.717) is 32.2 Å². The molecule has 2 heterocycles. The van der Waals surface area contributed by atoms with E-state index in [4.69, 9.17) is 20.7 Å². The van der Waals surface area contributed by atoms with Crippen LogP contribution in [-0.2, 0) is 24.0 Å². The number of hydrogen-bond acceptors (Lipinski definition) is 6. The largest absolute Gasteiger partial charge is 0.490 e. The average molecular weight is 469 g/mol. The number of carbonyl (C=O) groups excluding carboxylic acids is 2. The van der Waals surface area contributed by atoms with Crippen LogP contribution in [0.2, 0.25) is 0 Å². The fraction of sp³-hybridized carbons (Fsp3) is 0.722. The SMILES string of the molecule is N[C@H]1CCCC[C@@]2(C(=O)N[C@@H](CCC(=O)O)C(=O)O)CCCN2C1=O.O=C(O)C(F)(F)F. The van der Waals surface area contributed by atoms with Gasteiger partial charge in [-0.3, -0.25) is 14.4 Å². The highest BCUT2D eigenvalue weighted by Crippen LogP contribution is 2.37. The van der Waals surface area contributed by atoms with Gasteiger partial charge in [-0.05, 0) is 32.1 Å². The summed E-state index contributed by atoms with van der Waals surface area (Å²) in [4.78, 5) is 57.9. The van der Waals surface area contributed by atoms with Crippen molar-refractivity contribution in [2.45, 2.75) is 75.2 Å². The van der Waals surface area contributed by atoms with E-state index in [-0.39, 0.29) is 18.7 Å². The number of hydrogen-bond donors (Lipinski definition) is 5. The Bertz CT molecular complexity index is 745. The van der Waals surface area contributed by atoms with Crippen LogP contribution in [-0.4, -0.2) is 80.3 Å². The minimum atomic E-state index is -5.08. The topological polar surface area (TPSA) is 187 Å². The first kappa shape index (κ1) is 27.1. The highest BCUT2D eigenvalue weighted by atomic mass is 19.4.